The van der Waals surface area contributed by atoms with Gasteiger partial charge in [-0.15, -0.1) is 0 Å². The maximum atomic E-state index is 12.7. The van der Waals surface area contributed by atoms with Crippen molar-refractivity contribution in [1.29, 1.82) is 0 Å². The van der Waals surface area contributed by atoms with Crippen LogP contribution in [0, 0.1) is 6.92 Å². The Morgan fingerprint density at radius 1 is 0.886 bits per heavy atom. The monoisotopic (exact) mass is 622 g/mol. The van der Waals surface area contributed by atoms with E-state index in [1.165, 1.54) is 10.8 Å². The van der Waals surface area contributed by atoms with Crippen molar-refractivity contribution < 1.29 is 31.5 Å². The number of methoxy groups -OCH3 is 2. The Labute approximate surface area is 255 Å². The number of benzene rings is 3. The fourth-order valence-corrected chi connectivity index (χ4v) is 6.08. The highest BCUT2D eigenvalue weighted by atomic mass is 32.2. The molecule has 1 N–H and O–H groups in total. The highest BCUT2D eigenvalue weighted by Gasteiger charge is 2.44. The second-order valence-electron chi connectivity index (χ2n) is 10.5. The molecule has 44 heavy (non-hydrogen) atoms. The largest absolute Gasteiger partial charge is 0.497 e. The minimum absolute atomic E-state index is 0.0237. The van der Waals surface area contributed by atoms with Crippen molar-refractivity contribution in [3.05, 3.63) is 128 Å². The third-order valence-electron chi connectivity index (χ3n) is 7.57. The summed E-state index contributed by atoms with van der Waals surface area (Å²) in [6.45, 7) is 1.44. The third kappa shape index (κ3) is 6.48. The predicted octanol–water partition coefficient (Wildman–Crippen LogP) is 3.50. The molecule has 4 aromatic rings. The van der Waals surface area contributed by atoms with Gasteiger partial charge in [0.05, 0.1) is 27.1 Å². The van der Waals surface area contributed by atoms with Gasteiger partial charge in [-0.3, -0.25) is 18.5 Å². The molecule has 1 aliphatic heterocycles. The van der Waals surface area contributed by atoms with Crippen LogP contribution in [0.5, 0.6) is 11.5 Å². The van der Waals surface area contributed by atoms with E-state index in [9.17, 15) is 18.0 Å². The van der Waals surface area contributed by atoms with Gasteiger partial charge in [0.25, 0.3) is 15.7 Å². The van der Waals surface area contributed by atoms with Crippen LogP contribution in [0.1, 0.15) is 34.9 Å². The lowest BCUT2D eigenvalue weighted by Crippen LogP contribution is -2.39. The second-order valence-corrected chi connectivity index (χ2v) is 12.1. The Hall–Kier alpha value is -4.23. The number of aryl methyl sites for hydroxylation is 1. The Kier molecular flexibility index (Phi) is 9.07. The van der Waals surface area contributed by atoms with E-state index in [1.807, 2.05) is 78.9 Å². The zero-order valence-corrected chi connectivity index (χ0v) is 25.6. The molecule has 0 amide bonds. The minimum atomic E-state index is -3.91. The highest BCUT2D eigenvalue weighted by Crippen LogP contribution is 2.43. The Balaban J connectivity index is 1.59. The van der Waals surface area contributed by atoms with E-state index in [2.05, 4.69) is 4.98 Å². The van der Waals surface area contributed by atoms with Gasteiger partial charge >= 0.3 is 5.69 Å². The van der Waals surface area contributed by atoms with Crippen LogP contribution < -0.4 is 20.7 Å². The first-order chi connectivity index (χ1) is 21.0. The number of hydrogen-bond donors (Lipinski definition) is 1. The molecule has 5 rings (SSSR count). The molecule has 1 fully saturated rings. The number of aromatic nitrogens is 2. The van der Waals surface area contributed by atoms with E-state index in [-0.39, 0.29) is 13.0 Å². The fraction of sp³-hybridized carbons (Fsp3) is 0.312. The second kappa shape index (κ2) is 12.8. The smallest absolute Gasteiger partial charge is 0.330 e. The molecule has 11 nitrogen and oxygen atoms in total. The SMILES string of the molecule is COc1ccc(C(OCC2OC(n3cc(C)c(=O)[nH]c3=O)CC2OS(C)(=O)=O)(c2ccccc2)c2ccc(OC)cc2)cc1. The number of aromatic amines is 1. The molecule has 0 bridgehead atoms. The van der Waals surface area contributed by atoms with E-state index in [1.54, 1.807) is 21.1 Å². The van der Waals surface area contributed by atoms with E-state index in [0.717, 1.165) is 22.9 Å². The van der Waals surface area contributed by atoms with Gasteiger partial charge in [0.15, 0.2) is 0 Å². The highest BCUT2D eigenvalue weighted by molar-refractivity contribution is 7.86. The number of nitrogens with zero attached hydrogens (tertiary/aromatic N) is 1. The third-order valence-corrected chi connectivity index (χ3v) is 8.17. The molecule has 232 valence electrons. The molecule has 12 heteroatoms. The zero-order valence-electron chi connectivity index (χ0n) is 24.8. The maximum Gasteiger partial charge on any atom is 0.330 e. The van der Waals surface area contributed by atoms with Crippen LogP contribution >= 0.6 is 0 Å². The Morgan fingerprint density at radius 3 is 1.95 bits per heavy atom. The van der Waals surface area contributed by atoms with Crippen LogP contribution in [0.15, 0.2) is 94.6 Å². The quantitative estimate of drug-likeness (QED) is 0.197. The van der Waals surface area contributed by atoms with E-state index >= 15 is 0 Å². The van der Waals surface area contributed by atoms with Gasteiger partial charge in [0.2, 0.25) is 0 Å². The van der Waals surface area contributed by atoms with Gasteiger partial charge < -0.3 is 18.9 Å². The molecular formula is C32H34N2O9S. The van der Waals surface area contributed by atoms with Gasteiger partial charge in [-0.2, -0.15) is 8.42 Å². The number of hydrogen-bond acceptors (Lipinski definition) is 9. The Morgan fingerprint density at radius 2 is 1.43 bits per heavy atom. The van der Waals surface area contributed by atoms with E-state index in [4.69, 9.17) is 23.1 Å². The lowest BCUT2D eigenvalue weighted by Gasteiger charge is -2.37. The molecule has 3 unspecified atom stereocenters. The van der Waals surface area contributed by atoms with Crippen LogP contribution in [0.2, 0.25) is 0 Å². The Bertz CT molecular complexity index is 1750. The van der Waals surface area contributed by atoms with Crippen LogP contribution in [-0.4, -0.2) is 57.3 Å². The number of nitrogens with one attached hydrogen (secondary N) is 1. The lowest BCUT2D eigenvalue weighted by molar-refractivity contribution is -0.0910. The first kappa shape index (κ1) is 31.2. The van der Waals surface area contributed by atoms with Crippen LogP contribution in [0.25, 0.3) is 0 Å². The molecule has 2 heterocycles. The van der Waals surface area contributed by atoms with Crippen molar-refractivity contribution >= 4 is 10.1 Å². The van der Waals surface area contributed by atoms with Crippen molar-refractivity contribution in [2.24, 2.45) is 0 Å². The summed E-state index contributed by atoms with van der Waals surface area (Å²) < 4.78 is 55.2. The summed E-state index contributed by atoms with van der Waals surface area (Å²) in [5.41, 5.74) is 0.269. The molecule has 3 atom stereocenters. The van der Waals surface area contributed by atoms with Crippen molar-refractivity contribution in [3.63, 3.8) is 0 Å². The molecule has 1 saturated heterocycles. The number of ether oxygens (including phenoxy) is 4. The molecule has 0 spiro atoms. The first-order valence-electron chi connectivity index (χ1n) is 13.9. The average molecular weight is 623 g/mol. The van der Waals surface area contributed by atoms with Crippen LogP contribution in [0.3, 0.4) is 0 Å². The van der Waals surface area contributed by atoms with Crippen molar-refractivity contribution in [1.82, 2.24) is 9.55 Å². The molecule has 1 aromatic heterocycles. The molecule has 0 saturated carbocycles. The molecule has 1 aliphatic rings. The summed E-state index contributed by atoms with van der Waals surface area (Å²) in [5.74, 6) is 1.33. The summed E-state index contributed by atoms with van der Waals surface area (Å²) in [6.07, 6.45) is -0.433. The van der Waals surface area contributed by atoms with Gasteiger partial charge in [-0.05, 0) is 47.9 Å². The maximum absolute atomic E-state index is 12.7. The topological polar surface area (TPSA) is 135 Å². The summed E-state index contributed by atoms with van der Waals surface area (Å²) in [6, 6.07) is 24.6. The van der Waals surface area contributed by atoms with Gasteiger partial charge in [0.1, 0.15) is 35.5 Å². The van der Waals surface area contributed by atoms with E-state index < -0.39 is 45.4 Å². The summed E-state index contributed by atoms with van der Waals surface area (Å²) >= 11 is 0. The number of rotatable bonds is 11. The first-order valence-corrected chi connectivity index (χ1v) is 15.7. The average Bonchev–Trinajstić information content (AvgIpc) is 3.41. The predicted molar refractivity (Wildman–Crippen MR) is 163 cm³/mol. The molecule has 0 aliphatic carbocycles. The van der Waals surface area contributed by atoms with Crippen molar-refractivity contribution in [2.75, 3.05) is 27.1 Å². The zero-order chi connectivity index (χ0) is 31.5. The molecule has 0 radical (unpaired) electrons. The molecule has 3 aromatic carbocycles. The van der Waals surface area contributed by atoms with Crippen molar-refractivity contribution in [2.45, 2.75) is 37.4 Å². The summed E-state index contributed by atoms with van der Waals surface area (Å²) in [5, 5.41) is 0. The molecular weight excluding hydrogens is 588 g/mol. The van der Waals surface area contributed by atoms with Crippen LogP contribution in [0.4, 0.5) is 0 Å². The minimum Gasteiger partial charge on any atom is -0.497 e. The normalized spacial score (nSPS) is 18.7. The number of H-pyrrole nitrogens is 1. The summed E-state index contributed by atoms with van der Waals surface area (Å²) in [4.78, 5) is 26.9. The van der Waals surface area contributed by atoms with Gasteiger partial charge in [-0.1, -0.05) is 54.6 Å². The fourth-order valence-electron chi connectivity index (χ4n) is 5.43. The summed E-state index contributed by atoms with van der Waals surface area (Å²) in [7, 11) is -0.730. The lowest BCUT2D eigenvalue weighted by atomic mass is 9.80. The van der Waals surface area contributed by atoms with Crippen molar-refractivity contribution in [3.8, 4) is 11.5 Å². The van der Waals surface area contributed by atoms with E-state index in [0.29, 0.717) is 17.1 Å². The standard InChI is InChI=1S/C32H34N2O9S/c1-21-19-34(31(36)33-30(21)35)29-18-27(43-44(4,37)38)28(42-29)20-41-32(22-8-6-5-7-9-22,23-10-14-25(39-2)15-11-23)24-12-16-26(40-3)17-13-24/h5-17,19,27-29H,18,20H2,1-4H3,(H,33,35,36). The van der Waals surface area contributed by atoms with Gasteiger partial charge in [0, 0.05) is 18.2 Å². The van der Waals surface area contributed by atoms with Gasteiger partial charge in [-0.25, -0.2) is 4.79 Å². The van der Waals surface area contributed by atoms with Crippen LogP contribution in [-0.2, 0) is 29.4 Å².